The van der Waals surface area contributed by atoms with Crippen LogP contribution in [0, 0.1) is 17.8 Å². The highest BCUT2D eigenvalue weighted by atomic mass is 16.5. The average Bonchev–Trinajstić information content (AvgIpc) is 3.63. The van der Waals surface area contributed by atoms with E-state index in [1.165, 1.54) is 12.7 Å². The Morgan fingerprint density at radius 1 is 0.880 bits per heavy atom. The number of nitrogens with zero attached hydrogens (tertiary/aromatic N) is 1. The second-order valence-electron chi connectivity index (χ2n) is 14.0. The van der Waals surface area contributed by atoms with Gasteiger partial charge in [-0.15, -0.1) is 0 Å². The van der Waals surface area contributed by atoms with Gasteiger partial charge in [-0.2, -0.15) is 0 Å². The van der Waals surface area contributed by atoms with Crippen LogP contribution in [-0.4, -0.2) is 68.9 Å². The van der Waals surface area contributed by atoms with Crippen LogP contribution in [0.25, 0.3) is 0 Å². The highest BCUT2D eigenvalue weighted by Gasteiger charge is 2.33. The third-order valence-electron chi connectivity index (χ3n) is 9.84. The topological polar surface area (TPSA) is 166 Å². The van der Waals surface area contributed by atoms with Gasteiger partial charge in [-0.1, -0.05) is 107 Å². The van der Waals surface area contributed by atoms with Crippen molar-refractivity contribution in [1.82, 2.24) is 25.9 Å². The third-order valence-corrected chi connectivity index (χ3v) is 9.84. The summed E-state index contributed by atoms with van der Waals surface area (Å²) in [5.74, 6) is -0.199. The SMILES string of the molecule is CC(C)[C@@H](CCOCc1ccccc1)C[C@H](O)[C@H](CC1CCCCC1)NC(=O)C(Cc1cnc[nH]1)NC(=O)[C@H](Cc1ccccc1)NC(=O)O. The van der Waals surface area contributed by atoms with Crippen molar-refractivity contribution in [3.05, 3.63) is 90.0 Å². The van der Waals surface area contributed by atoms with Gasteiger partial charge in [-0.05, 0) is 48.1 Å². The van der Waals surface area contributed by atoms with E-state index in [0.29, 0.717) is 43.6 Å². The number of aromatic amines is 1. The first-order chi connectivity index (χ1) is 24.2. The molecule has 5 atom stereocenters. The van der Waals surface area contributed by atoms with E-state index in [9.17, 15) is 24.6 Å². The maximum absolute atomic E-state index is 14.1. The molecule has 11 heteroatoms. The van der Waals surface area contributed by atoms with Gasteiger partial charge in [0.15, 0.2) is 0 Å². The molecular weight excluding hydrogens is 634 g/mol. The molecule has 1 saturated carbocycles. The zero-order valence-electron chi connectivity index (χ0n) is 29.4. The number of H-pyrrole nitrogens is 1. The average molecular weight is 690 g/mol. The van der Waals surface area contributed by atoms with Gasteiger partial charge >= 0.3 is 6.09 Å². The number of aliphatic hydroxyl groups is 1. The Kier molecular flexibility index (Phi) is 15.8. The molecular formula is C39H55N5O6. The lowest BCUT2D eigenvalue weighted by Crippen LogP contribution is -2.57. The summed E-state index contributed by atoms with van der Waals surface area (Å²) in [6.45, 7) is 5.40. The molecule has 3 amide bonds. The van der Waals surface area contributed by atoms with Gasteiger partial charge in [-0.25, -0.2) is 9.78 Å². The lowest BCUT2D eigenvalue weighted by Gasteiger charge is -2.34. The zero-order valence-corrected chi connectivity index (χ0v) is 29.4. The quantitative estimate of drug-likeness (QED) is 0.0865. The predicted octanol–water partition coefficient (Wildman–Crippen LogP) is 5.40. The summed E-state index contributed by atoms with van der Waals surface area (Å²) in [4.78, 5) is 46.4. The van der Waals surface area contributed by atoms with E-state index in [4.69, 9.17) is 4.74 Å². The van der Waals surface area contributed by atoms with E-state index < -0.39 is 42.1 Å². The minimum Gasteiger partial charge on any atom is -0.465 e. The van der Waals surface area contributed by atoms with E-state index >= 15 is 0 Å². The lowest BCUT2D eigenvalue weighted by atomic mass is 9.80. The number of hydrogen-bond donors (Lipinski definition) is 6. The molecule has 4 rings (SSSR count). The predicted molar refractivity (Wildman–Crippen MR) is 192 cm³/mol. The third kappa shape index (κ3) is 13.2. The van der Waals surface area contributed by atoms with Crippen LogP contribution in [0.5, 0.6) is 0 Å². The minimum atomic E-state index is -1.34. The Labute approximate surface area is 296 Å². The summed E-state index contributed by atoms with van der Waals surface area (Å²) >= 11 is 0. The van der Waals surface area contributed by atoms with Crippen LogP contribution < -0.4 is 16.0 Å². The molecule has 3 aromatic rings. The molecule has 50 heavy (non-hydrogen) atoms. The van der Waals surface area contributed by atoms with Gasteiger partial charge in [0.1, 0.15) is 12.1 Å². The van der Waals surface area contributed by atoms with Gasteiger partial charge in [0.25, 0.3) is 0 Å². The Morgan fingerprint density at radius 2 is 1.52 bits per heavy atom. The number of rotatable bonds is 20. The number of aliphatic hydroxyl groups excluding tert-OH is 1. The van der Waals surface area contributed by atoms with Crippen molar-refractivity contribution in [3.8, 4) is 0 Å². The van der Waals surface area contributed by atoms with Crippen LogP contribution in [0.2, 0.25) is 0 Å². The summed E-state index contributed by atoms with van der Waals surface area (Å²) in [5.41, 5.74) is 2.53. The zero-order chi connectivity index (χ0) is 35.7. The smallest absolute Gasteiger partial charge is 0.405 e. The number of carbonyl (C=O) groups is 3. The number of hydrogen-bond acceptors (Lipinski definition) is 6. The second-order valence-corrected chi connectivity index (χ2v) is 14.0. The van der Waals surface area contributed by atoms with E-state index in [0.717, 1.165) is 43.2 Å². The summed E-state index contributed by atoms with van der Waals surface area (Å²) in [6.07, 6.45) is 8.67. The molecule has 0 aliphatic heterocycles. The first-order valence-corrected chi connectivity index (χ1v) is 18.1. The Hall–Kier alpha value is -4.22. The van der Waals surface area contributed by atoms with Crippen LogP contribution in [-0.2, 0) is 33.8 Å². The van der Waals surface area contributed by atoms with Crippen LogP contribution in [0.1, 0.15) is 82.0 Å². The monoisotopic (exact) mass is 689 g/mol. The van der Waals surface area contributed by atoms with Crippen LogP contribution in [0.15, 0.2) is 73.2 Å². The van der Waals surface area contributed by atoms with E-state index in [1.807, 2.05) is 60.7 Å². The molecule has 1 unspecified atom stereocenters. The molecule has 0 radical (unpaired) electrons. The van der Waals surface area contributed by atoms with Gasteiger partial charge in [-0.3, -0.25) is 9.59 Å². The van der Waals surface area contributed by atoms with Crippen LogP contribution in [0.3, 0.4) is 0 Å². The minimum absolute atomic E-state index is 0.113. The van der Waals surface area contributed by atoms with Crippen molar-refractivity contribution in [1.29, 1.82) is 0 Å². The van der Waals surface area contributed by atoms with Crippen molar-refractivity contribution in [2.75, 3.05) is 6.61 Å². The number of aromatic nitrogens is 2. The van der Waals surface area contributed by atoms with Crippen molar-refractivity contribution in [2.45, 2.75) is 109 Å². The molecule has 2 aromatic carbocycles. The van der Waals surface area contributed by atoms with E-state index in [-0.39, 0.29) is 18.8 Å². The number of amides is 3. The Balaban J connectivity index is 1.47. The Bertz CT molecular complexity index is 1420. The summed E-state index contributed by atoms with van der Waals surface area (Å²) in [5, 5.41) is 29.5. The number of benzene rings is 2. The number of carbonyl (C=O) groups excluding carboxylic acids is 2. The standard InChI is InChI=1S/C39H55N5O6/c1-27(2)31(18-19-50-25-30-16-10-5-11-17-30)22-36(45)33(20-28-12-6-3-7-13-28)42-38(47)35(23-32-24-40-26-41-32)43-37(46)34(44-39(48)49)21-29-14-8-4-9-15-29/h4-5,8-11,14-17,24,26-28,31,33-36,44-45H,3,6-7,12-13,18-23,25H2,1-2H3,(H,40,41)(H,42,47)(H,43,46)(H,48,49)/t31-,33-,34-,35?,36-/m0/s1. The van der Waals surface area contributed by atoms with Crippen LogP contribution >= 0.6 is 0 Å². The van der Waals surface area contributed by atoms with Gasteiger partial charge in [0.05, 0.1) is 25.1 Å². The fraction of sp³-hybridized carbons (Fsp3) is 0.538. The largest absolute Gasteiger partial charge is 0.465 e. The molecule has 1 fully saturated rings. The highest BCUT2D eigenvalue weighted by Crippen LogP contribution is 2.30. The first-order valence-electron chi connectivity index (χ1n) is 18.1. The summed E-state index contributed by atoms with van der Waals surface area (Å²) in [6, 6.07) is 16.5. The van der Waals surface area contributed by atoms with Crippen molar-refractivity contribution < 1.29 is 29.3 Å². The normalized spacial score (nSPS) is 16.6. The van der Waals surface area contributed by atoms with Crippen molar-refractivity contribution in [3.63, 3.8) is 0 Å². The van der Waals surface area contributed by atoms with E-state index in [1.54, 1.807) is 6.20 Å². The molecule has 6 N–H and O–H groups in total. The Morgan fingerprint density at radius 3 is 2.14 bits per heavy atom. The molecule has 1 aliphatic carbocycles. The molecule has 1 aromatic heterocycles. The van der Waals surface area contributed by atoms with Crippen molar-refractivity contribution >= 4 is 17.9 Å². The molecule has 1 aliphatic rings. The molecule has 0 bridgehead atoms. The van der Waals surface area contributed by atoms with Crippen LogP contribution in [0.4, 0.5) is 4.79 Å². The maximum atomic E-state index is 14.1. The molecule has 272 valence electrons. The van der Waals surface area contributed by atoms with Gasteiger partial charge in [0, 0.05) is 31.3 Å². The fourth-order valence-corrected chi connectivity index (χ4v) is 6.88. The number of ether oxygens (including phenoxy) is 1. The summed E-state index contributed by atoms with van der Waals surface area (Å²) in [7, 11) is 0. The lowest BCUT2D eigenvalue weighted by molar-refractivity contribution is -0.131. The first kappa shape index (κ1) is 38.6. The second kappa shape index (κ2) is 20.5. The van der Waals surface area contributed by atoms with E-state index in [2.05, 4.69) is 39.8 Å². The molecule has 0 saturated heterocycles. The summed E-state index contributed by atoms with van der Waals surface area (Å²) < 4.78 is 5.99. The molecule has 0 spiro atoms. The van der Waals surface area contributed by atoms with Crippen molar-refractivity contribution in [2.24, 2.45) is 17.8 Å². The van der Waals surface area contributed by atoms with Gasteiger partial charge < -0.3 is 35.9 Å². The highest BCUT2D eigenvalue weighted by molar-refractivity contribution is 5.91. The number of carboxylic acid groups (broad SMARTS) is 1. The number of nitrogens with one attached hydrogen (secondary N) is 4. The number of imidazole rings is 1. The van der Waals surface area contributed by atoms with Gasteiger partial charge in [0.2, 0.25) is 11.8 Å². The molecule has 1 heterocycles. The fourth-order valence-electron chi connectivity index (χ4n) is 6.88. The molecule has 11 nitrogen and oxygen atoms in total. The maximum Gasteiger partial charge on any atom is 0.405 e.